The van der Waals surface area contributed by atoms with Crippen LogP contribution in [0.3, 0.4) is 0 Å². The molecule has 0 aliphatic carbocycles. The number of hydrogen-bond acceptors (Lipinski definition) is 1. The number of rotatable bonds is 3. The molecule has 0 amide bonds. The predicted molar refractivity (Wildman–Crippen MR) is 38.1 cm³/mol. The summed E-state index contributed by atoms with van der Waals surface area (Å²) >= 11 is 0. The Kier molecular flexibility index (Phi) is 21.4. The first-order chi connectivity index (χ1) is 3.91. The Morgan fingerprint density at radius 3 is 1.88 bits per heavy atom. The van der Waals surface area contributed by atoms with Crippen molar-refractivity contribution >= 4 is 0 Å². The molecule has 0 rings (SSSR count). The molecule has 0 aromatic carbocycles. The molecule has 0 atom stereocenters. The highest BCUT2D eigenvalue weighted by molar-refractivity contribution is 4.26. The molecule has 52 valence electrons. The summed E-state index contributed by atoms with van der Waals surface area (Å²) in [4.78, 5) is 0. The molecule has 0 aliphatic heterocycles. The van der Waals surface area contributed by atoms with Crippen molar-refractivity contribution in [1.82, 2.24) is 0 Å². The van der Waals surface area contributed by atoms with Gasteiger partial charge in [-0.2, -0.15) is 0 Å². The van der Waals surface area contributed by atoms with E-state index in [0.29, 0.717) is 0 Å². The van der Waals surface area contributed by atoms with Crippen molar-refractivity contribution in [3.8, 4) is 0 Å². The monoisotopic (exact) mass is 118 g/mol. The van der Waals surface area contributed by atoms with Crippen molar-refractivity contribution in [2.24, 2.45) is 0 Å². The van der Waals surface area contributed by atoms with Gasteiger partial charge in [-0.25, -0.2) is 0 Å². The minimum absolute atomic E-state index is 0.913. The fourth-order valence-electron chi connectivity index (χ4n) is 0.289. The van der Waals surface area contributed by atoms with Crippen molar-refractivity contribution in [1.29, 1.82) is 0 Å². The van der Waals surface area contributed by atoms with Crippen LogP contribution in [-0.4, -0.2) is 13.7 Å². The van der Waals surface area contributed by atoms with E-state index < -0.39 is 0 Å². The summed E-state index contributed by atoms with van der Waals surface area (Å²) in [5, 5.41) is 0. The Hall–Kier alpha value is -0.0400. The van der Waals surface area contributed by atoms with Crippen LogP contribution in [0.2, 0.25) is 0 Å². The topological polar surface area (TPSA) is 9.23 Å². The van der Waals surface area contributed by atoms with Crippen LogP contribution in [0.15, 0.2) is 0 Å². The quantitative estimate of drug-likeness (QED) is 0.517. The molecule has 0 fully saturated rings. The van der Waals surface area contributed by atoms with E-state index in [0.717, 1.165) is 6.61 Å². The molecule has 0 saturated carbocycles. The van der Waals surface area contributed by atoms with Crippen molar-refractivity contribution in [2.45, 2.75) is 33.6 Å². The van der Waals surface area contributed by atoms with E-state index in [2.05, 4.69) is 6.92 Å². The molecule has 0 unspecified atom stereocenters. The number of ether oxygens (including phenoxy) is 1. The summed E-state index contributed by atoms with van der Waals surface area (Å²) in [6.07, 6.45) is 2.42. The fraction of sp³-hybridized carbons (Fsp3) is 1.00. The minimum atomic E-state index is 0.913. The van der Waals surface area contributed by atoms with Crippen LogP contribution in [-0.2, 0) is 4.74 Å². The lowest BCUT2D eigenvalue weighted by Gasteiger charge is -1.89. The van der Waals surface area contributed by atoms with Crippen LogP contribution in [0.5, 0.6) is 0 Å². The van der Waals surface area contributed by atoms with Crippen molar-refractivity contribution in [3.63, 3.8) is 0 Å². The van der Waals surface area contributed by atoms with Gasteiger partial charge >= 0.3 is 0 Å². The van der Waals surface area contributed by atoms with Gasteiger partial charge in [0.05, 0.1) is 0 Å². The van der Waals surface area contributed by atoms with E-state index in [1.807, 2.05) is 13.8 Å². The Bertz CT molecular complexity index is 16.3. The number of unbranched alkanes of at least 4 members (excludes halogenated alkanes) is 1. The van der Waals surface area contributed by atoms with Gasteiger partial charge in [-0.1, -0.05) is 27.2 Å². The van der Waals surface area contributed by atoms with Crippen LogP contribution < -0.4 is 0 Å². The van der Waals surface area contributed by atoms with Gasteiger partial charge in [-0.3, -0.25) is 0 Å². The van der Waals surface area contributed by atoms with E-state index in [1.165, 1.54) is 12.8 Å². The fourth-order valence-corrected chi connectivity index (χ4v) is 0.289. The molecule has 0 aromatic rings. The summed E-state index contributed by atoms with van der Waals surface area (Å²) in [6, 6.07) is 0. The molecule has 0 bridgehead atoms. The standard InChI is InChI=1S/C5H12O.C2H6/c1-3-4-5-6-2;1-2/h3-5H2,1-2H3;1-2H3. The first kappa shape index (κ1) is 10.9. The van der Waals surface area contributed by atoms with Crippen LogP contribution in [0.25, 0.3) is 0 Å². The van der Waals surface area contributed by atoms with Gasteiger partial charge in [-0.05, 0) is 6.42 Å². The molecule has 0 radical (unpaired) electrons. The zero-order valence-corrected chi connectivity index (χ0v) is 6.53. The second kappa shape index (κ2) is 15.8. The van der Waals surface area contributed by atoms with E-state index in [-0.39, 0.29) is 0 Å². The highest BCUT2D eigenvalue weighted by Crippen LogP contribution is 1.83. The second-order valence-electron chi connectivity index (χ2n) is 1.35. The Morgan fingerprint density at radius 2 is 1.75 bits per heavy atom. The molecule has 0 aliphatic rings. The molecule has 1 heteroatoms. The first-order valence-corrected chi connectivity index (χ1v) is 3.40. The third-order valence-electron chi connectivity index (χ3n) is 0.702. The third kappa shape index (κ3) is 16.7. The third-order valence-corrected chi connectivity index (χ3v) is 0.702. The summed E-state index contributed by atoms with van der Waals surface area (Å²) in [5.41, 5.74) is 0. The molecule has 0 aromatic heterocycles. The SMILES string of the molecule is CC.CCCCOC. The normalized spacial score (nSPS) is 7.50. The van der Waals surface area contributed by atoms with Crippen LogP contribution in [0.1, 0.15) is 33.6 Å². The smallest absolute Gasteiger partial charge is 0.0462 e. The lowest BCUT2D eigenvalue weighted by atomic mass is 10.4. The van der Waals surface area contributed by atoms with Crippen LogP contribution in [0, 0.1) is 0 Å². The van der Waals surface area contributed by atoms with E-state index in [1.54, 1.807) is 7.11 Å². The average Bonchev–Trinajstić information content (AvgIpc) is 1.88. The van der Waals surface area contributed by atoms with Gasteiger partial charge in [0.2, 0.25) is 0 Å². The maximum Gasteiger partial charge on any atom is 0.0462 e. The molecule has 0 N–H and O–H groups in total. The van der Waals surface area contributed by atoms with Gasteiger partial charge in [0.1, 0.15) is 0 Å². The maximum absolute atomic E-state index is 4.78. The van der Waals surface area contributed by atoms with Crippen molar-refractivity contribution < 1.29 is 4.74 Å². The largest absolute Gasteiger partial charge is 0.385 e. The second-order valence-corrected chi connectivity index (χ2v) is 1.35. The van der Waals surface area contributed by atoms with Gasteiger partial charge in [-0.15, -0.1) is 0 Å². The van der Waals surface area contributed by atoms with Gasteiger partial charge < -0.3 is 4.74 Å². The van der Waals surface area contributed by atoms with Crippen LogP contribution in [0.4, 0.5) is 0 Å². The van der Waals surface area contributed by atoms with Gasteiger partial charge in [0, 0.05) is 13.7 Å². The Morgan fingerprint density at radius 1 is 1.25 bits per heavy atom. The lowest BCUT2D eigenvalue weighted by molar-refractivity contribution is 0.194. The van der Waals surface area contributed by atoms with Gasteiger partial charge in [0.25, 0.3) is 0 Å². The number of methoxy groups -OCH3 is 1. The molecule has 0 saturated heterocycles. The number of hydrogen-bond donors (Lipinski definition) is 0. The predicted octanol–water partition coefficient (Wildman–Crippen LogP) is 2.46. The summed E-state index contributed by atoms with van der Waals surface area (Å²) in [5.74, 6) is 0. The maximum atomic E-state index is 4.78. The Balaban J connectivity index is 0. The molecule has 1 nitrogen and oxygen atoms in total. The van der Waals surface area contributed by atoms with E-state index >= 15 is 0 Å². The zero-order chi connectivity index (χ0) is 6.83. The average molecular weight is 118 g/mol. The first-order valence-electron chi connectivity index (χ1n) is 3.40. The van der Waals surface area contributed by atoms with Gasteiger partial charge in [0.15, 0.2) is 0 Å². The minimum Gasteiger partial charge on any atom is -0.385 e. The van der Waals surface area contributed by atoms with Crippen molar-refractivity contribution in [2.75, 3.05) is 13.7 Å². The summed E-state index contributed by atoms with van der Waals surface area (Å²) in [7, 11) is 1.73. The molecular weight excluding hydrogens is 100 g/mol. The summed E-state index contributed by atoms with van der Waals surface area (Å²) < 4.78 is 4.78. The van der Waals surface area contributed by atoms with Crippen LogP contribution >= 0.6 is 0 Å². The lowest BCUT2D eigenvalue weighted by Crippen LogP contribution is -1.84. The molecule has 8 heavy (non-hydrogen) atoms. The highest BCUT2D eigenvalue weighted by Gasteiger charge is 1.74. The van der Waals surface area contributed by atoms with Crippen molar-refractivity contribution in [3.05, 3.63) is 0 Å². The zero-order valence-electron chi connectivity index (χ0n) is 6.53. The molecule has 0 spiro atoms. The van der Waals surface area contributed by atoms with E-state index in [4.69, 9.17) is 4.74 Å². The van der Waals surface area contributed by atoms with E-state index in [9.17, 15) is 0 Å². The molecule has 0 heterocycles. The molecular formula is C7H18O. The summed E-state index contributed by atoms with van der Waals surface area (Å²) in [6.45, 7) is 7.06. The Labute approximate surface area is 53.0 Å². The highest BCUT2D eigenvalue weighted by atomic mass is 16.5.